The van der Waals surface area contributed by atoms with Gasteiger partial charge in [0.15, 0.2) is 0 Å². The highest BCUT2D eigenvalue weighted by atomic mass is 79.9. The van der Waals surface area contributed by atoms with Crippen LogP contribution in [0.3, 0.4) is 0 Å². The summed E-state index contributed by atoms with van der Waals surface area (Å²) >= 11 is 5.15. The van der Waals surface area contributed by atoms with Gasteiger partial charge in [0.25, 0.3) is 0 Å². The van der Waals surface area contributed by atoms with Crippen molar-refractivity contribution in [3.8, 4) is 0 Å². The first-order valence-electron chi connectivity index (χ1n) is 5.82. The smallest absolute Gasteiger partial charge is 0.124 e. The van der Waals surface area contributed by atoms with Crippen LogP contribution in [0.4, 0.5) is 4.39 Å². The molecule has 2 atom stereocenters. The van der Waals surface area contributed by atoms with Crippen molar-refractivity contribution in [1.82, 2.24) is 5.32 Å². The third kappa shape index (κ3) is 3.19. The largest absolute Gasteiger partial charge is 0.303 e. The topological polar surface area (TPSA) is 12.0 Å². The van der Waals surface area contributed by atoms with Crippen LogP contribution in [0, 0.1) is 5.82 Å². The number of hydrogen-bond acceptors (Lipinski definition) is 2. The van der Waals surface area contributed by atoms with Crippen molar-refractivity contribution in [3.63, 3.8) is 0 Å². The van der Waals surface area contributed by atoms with Gasteiger partial charge < -0.3 is 5.32 Å². The first-order chi connectivity index (χ1) is 8.58. The first kappa shape index (κ1) is 13.7. The Bertz CT molecular complexity index is 513. The predicted molar refractivity (Wildman–Crippen MR) is 78.4 cm³/mol. The van der Waals surface area contributed by atoms with Gasteiger partial charge >= 0.3 is 0 Å². The van der Waals surface area contributed by atoms with Gasteiger partial charge in [-0.25, -0.2) is 4.39 Å². The van der Waals surface area contributed by atoms with E-state index in [0.717, 1.165) is 10.0 Å². The molecular weight excluding hydrogens is 313 g/mol. The zero-order valence-electron chi connectivity index (χ0n) is 10.3. The molecule has 1 nitrogen and oxygen atoms in total. The fraction of sp³-hybridized carbons (Fsp3) is 0.286. The summed E-state index contributed by atoms with van der Waals surface area (Å²) < 4.78 is 13.9. The molecule has 1 aromatic heterocycles. The van der Waals surface area contributed by atoms with Gasteiger partial charge in [0, 0.05) is 21.4 Å². The fourth-order valence-electron chi connectivity index (χ4n) is 1.94. The van der Waals surface area contributed by atoms with E-state index in [1.807, 2.05) is 6.07 Å². The van der Waals surface area contributed by atoms with Crippen LogP contribution in [0.15, 0.2) is 40.2 Å². The second-order valence-corrected chi connectivity index (χ2v) is 6.12. The summed E-state index contributed by atoms with van der Waals surface area (Å²) in [5.74, 6) is -0.218. The lowest BCUT2D eigenvalue weighted by Crippen LogP contribution is -2.22. The molecule has 0 saturated carbocycles. The van der Waals surface area contributed by atoms with Crippen molar-refractivity contribution in [2.75, 3.05) is 0 Å². The van der Waals surface area contributed by atoms with Crippen LogP contribution in [-0.2, 0) is 0 Å². The molecule has 0 aliphatic carbocycles. The standard InChI is InChI=1S/C14H15BrFNS/c1-9(12-6-5-11(16)8-13(12)15)17-10(2)14-4-3-7-18-14/h3-10,17H,1-2H3. The van der Waals surface area contributed by atoms with E-state index in [9.17, 15) is 4.39 Å². The lowest BCUT2D eigenvalue weighted by Gasteiger charge is -2.20. The minimum absolute atomic E-state index is 0.164. The molecule has 0 aliphatic rings. The Morgan fingerprint density at radius 1 is 1.22 bits per heavy atom. The van der Waals surface area contributed by atoms with Crippen LogP contribution in [-0.4, -0.2) is 0 Å². The summed E-state index contributed by atoms with van der Waals surface area (Å²) in [6.45, 7) is 4.22. The van der Waals surface area contributed by atoms with E-state index in [0.29, 0.717) is 0 Å². The van der Waals surface area contributed by atoms with E-state index in [1.54, 1.807) is 11.3 Å². The molecule has 96 valence electrons. The molecular formula is C14H15BrFNS. The number of hydrogen-bond donors (Lipinski definition) is 1. The van der Waals surface area contributed by atoms with Gasteiger partial charge in [0.1, 0.15) is 5.82 Å². The van der Waals surface area contributed by atoms with E-state index in [1.165, 1.54) is 17.0 Å². The molecule has 4 heteroatoms. The van der Waals surface area contributed by atoms with Gasteiger partial charge in [0.2, 0.25) is 0 Å². The van der Waals surface area contributed by atoms with Crippen LogP contribution in [0.2, 0.25) is 0 Å². The molecule has 0 saturated heterocycles. The summed E-state index contributed by atoms with van der Waals surface area (Å²) in [5, 5.41) is 5.59. The Hall–Kier alpha value is -0.710. The van der Waals surface area contributed by atoms with Gasteiger partial charge in [-0.05, 0) is 43.0 Å². The molecule has 2 rings (SSSR count). The number of thiophene rings is 1. The van der Waals surface area contributed by atoms with Gasteiger partial charge in [-0.15, -0.1) is 11.3 Å². The minimum atomic E-state index is -0.218. The molecule has 18 heavy (non-hydrogen) atoms. The lowest BCUT2D eigenvalue weighted by atomic mass is 10.1. The second-order valence-electron chi connectivity index (χ2n) is 4.29. The highest BCUT2D eigenvalue weighted by Crippen LogP contribution is 2.27. The van der Waals surface area contributed by atoms with E-state index >= 15 is 0 Å². The van der Waals surface area contributed by atoms with Crippen molar-refractivity contribution in [1.29, 1.82) is 0 Å². The summed E-state index contributed by atoms with van der Waals surface area (Å²) in [6.07, 6.45) is 0. The van der Waals surface area contributed by atoms with Gasteiger partial charge in [-0.2, -0.15) is 0 Å². The first-order valence-corrected chi connectivity index (χ1v) is 7.49. The lowest BCUT2D eigenvalue weighted by molar-refractivity contribution is 0.498. The van der Waals surface area contributed by atoms with Crippen LogP contribution < -0.4 is 5.32 Å². The molecule has 1 aromatic carbocycles. The zero-order chi connectivity index (χ0) is 13.1. The normalized spacial score (nSPS) is 14.4. The summed E-state index contributed by atoms with van der Waals surface area (Å²) in [5.41, 5.74) is 1.07. The van der Waals surface area contributed by atoms with Crippen LogP contribution in [0.1, 0.15) is 36.4 Å². The number of benzene rings is 1. The molecule has 2 aromatic rings. The Labute approximate surface area is 119 Å². The number of halogens is 2. The fourth-order valence-corrected chi connectivity index (χ4v) is 3.38. The van der Waals surface area contributed by atoms with E-state index in [2.05, 4.69) is 52.6 Å². The van der Waals surface area contributed by atoms with Gasteiger partial charge in [-0.3, -0.25) is 0 Å². The quantitative estimate of drug-likeness (QED) is 0.827. The van der Waals surface area contributed by atoms with E-state index in [-0.39, 0.29) is 17.9 Å². The Balaban J connectivity index is 2.10. The monoisotopic (exact) mass is 327 g/mol. The Morgan fingerprint density at radius 3 is 2.61 bits per heavy atom. The number of rotatable bonds is 4. The maximum absolute atomic E-state index is 13.0. The highest BCUT2D eigenvalue weighted by molar-refractivity contribution is 9.10. The zero-order valence-corrected chi connectivity index (χ0v) is 12.7. The molecule has 0 aliphatic heterocycles. The molecule has 0 radical (unpaired) electrons. The molecule has 2 unspecified atom stereocenters. The van der Waals surface area contributed by atoms with Crippen molar-refractivity contribution in [3.05, 3.63) is 56.4 Å². The summed E-state index contributed by atoms with van der Waals surface area (Å²) in [7, 11) is 0. The maximum Gasteiger partial charge on any atom is 0.124 e. The Kier molecular flexibility index (Phi) is 4.54. The van der Waals surface area contributed by atoms with Crippen molar-refractivity contribution in [2.45, 2.75) is 25.9 Å². The third-order valence-corrected chi connectivity index (χ3v) is 4.64. The van der Waals surface area contributed by atoms with Crippen LogP contribution in [0.25, 0.3) is 0 Å². The summed E-state index contributed by atoms with van der Waals surface area (Å²) in [6, 6.07) is 9.44. The van der Waals surface area contributed by atoms with Crippen LogP contribution >= 0.6 is 27.3 Å². The van der Waals surface area contributed by atoms with Gasteiger partial charge in [0.05, 0.1) is 0 Å². The van der Waals surface area contributed by atoms with Crippen molar-refractivity contribution in [2.24, 2.45) is 0 Å². The highest BCUT2D eigenvalue weighted by Gasteiger charge is 2.14. The van der Waals surface area contributed by atoms with E-state index in [4.69, 9.17) is 0 Å². The van der Waals surface area contributed by atoms with Crippen molar-refractivity contribution < 1.29 is 4.39 Å². The number of nitrogens with one attached hydrogen (secondary N) is 1. The molecule has 0 amide bonds. The Morgan fingerprint density at radius 2 is 2.00 bits per heavy atom. The molecule has 0 bridgehead atoms. The second kappa shape index (κ2) is 5.95. The maximum atomic E-state index is 13.0. The van der Waals surface area contributed by atoms with Gasteiger partial charge in [-0.1, -0.05) is 28.1 Å². The molecule has 0 fully saturated rings. The van der Waals surface area contributed by atoms with Crippen LogP contribution in [0.5, 0.6) is 0 Å². The predicted octanol–water partition coefficient (Wildman–Crippen LogP) is 5.06. The third-order valence-electron chi connectivity index (χ3n) is 2.90. The average molecular weight is 328 g/mol. The average Bonchev–Trinajstić information content (AvgIpc) is 2.81. The molecule has 1 heterocycles. The van der Waals surface area contributed by atoms with Crippen molar-refractivity contribution >= 4 is 27.3 Å². The summed E-state index contributed by atoms with van der Waals surface area (Å²) in [4.78, 5) is 1.31. The SMILES string of the molecule is CC(NC(C)c1ccc(F)cc1Br)c1cccs1. The molecule has 1 N–H and O–H groups in total. The van der Waals surface area contributed by atoms with E-state index < -0.39 is 0 Å². The molecule has 0 spiro atoms. The minimum Gasteiger partial charge on any atom is -0.303 e.